The molecule has 0 aliphatic carbocycles. The van der Waals surface area contributed by atoms with Gasteiger partial charge in [-0.3, -0.25) is 4.98 Å². The molecule has 2 aliphatic rings. The summed E-state index contributed by atoms with van der Waals surface area (Å²) in [6.07, 6.45) is 6.25. The molecular formula is C23H24N4O4S. The van der Waals surface area contributed by atoms with Crippen molar-refractivity contribution in [3.63, 3.8) is 0 Å². The smallest absolute Gasteiger partial charge is 0.229 e. The average Bonchev–Trinajstić information content (AvgIpc) is 3.08. The fourth-order valence-corrected chi connectivity index (χ4v) is 4.86. The minimum Gasteiger partial charge on any atom is -0.386 e. The maximum Gasteiger partial charge on any atom is 0.229 e. The molecule has 166 valence electrons. The number of nitrogens with zero attached hydrogens (tertiary/aromatic N) is 4. The average molecular weight is 453 g/mol. The number of ether oxygens (including phenoxy) is 1. The quantitative estimate of drug-likeness (QED) is 0.644. The molecule has 1 aromatic carbocycles. The molecule has 1 saturated heterocycles. The van der Waals surface area contributed by atoms with Crippen molar-refractivity contribution in [2.75, 3.05) is 30.9 Å². The first-order valence-electron chi connectivity index (χ1n) is 10.3. The fourth-order valence-electron chi connectivity index (χ4n) is 4.22. The van der Waals surface area contributed by atoms with E-state index in [1.165, 1.54) is 6.26 Å². The zero-order valence-electron chi connectivity index (χ0n) is 18.1. The van der Waals surface area contributed by atoms with Crippen LogP contribution < -0.4 is 4.90 Å². The van der Waals surface area contributed by atoms with E-state index in [4.69, 9.17) is 4.74 Å². The third-order valence-electron chi connectivity index (χ3n) is 6.12. The number of aromatic nitrogens is 3. The van der Waals surface area contributed by atoms with Crippen molar-refractivity contribution in [3.05, 3.63) is 60.0 Å². The van der Waals surface area contributed by atoms with Crippen molar-refractivity contribution >= 4 is 21.5 Å². The minimum atomic E-state index is -3.34. The van der Waals surface area contributed by atoms with Gasteiger partial charge < -0.3 is 14.7 Å². The van der Waals surface area contributed by atoms with E-state index in [0.717, 1.165) is 22.4 Å². The molecule has 1 spiro atoms. The number of pyridine rings is 1. The fraction of sp³-hybridized carbons (Fsp3) is 0.348. The second-order valence-electron chi connectivity index (χ2n) is 9.07. The Labute approximate surface area is 186 Å². The normalized spacial score (nSPS) is 17.3. The summed E-state index contributed by atoms with van der Waals surface area (Å²) in [6.45, 7) is 5.24. The van der Waals surface area contributed by atoms with E-state index in [-0.39, 0.29) is 10.3 Å². The van der Waals surface area contributed by atoms with Crippen LogP contribution >= 0.6 is 0 Å². The standard InChI is InChI=1S/C23H24N4O4S/c1-22(2,28)16-6-7-24-19(8-16)15-10-25-21(26-11-15)27-12-23(13-31-14-23)18-5-4-17(9-20(18)27)32(3,29)30/h4-11,28H,12-14H2,1-3H3. The third-order valence-corrected chi connectivity index (χ3v) is 7.23. The predicted octanol–water partition coefficient (Wildman–Crippen LogP) is 2.59. The molecule has 2 aromatic heterocycles. The molecule has 1 N–H and O–H groups in total. The van der Waals surface area contributed by atoms with Crippen molar-refractivity contribution in [3.8, 4) is 11.3 Å². The van der Waals surface area contributed by atoms with Gasteiger partial charge in [0.25, 0.3) is 0 Å². The van der Waals surface area contributed by atoms with Crippen LogP contribution in [-0.2, 0) is 25.6 Å². The first kappa shape index (κ1) is 21.0. The van der Waals surface area contributed by atoms with Gasteiger partial charge in [-0.25, -0.2) is 18.4 Å². The third kappa shape index (κ3) is 3.46. The zero-order chi connectivity index (χ0) is 22.7. The van der Waals surface area contributed by atoms with Crippen LogP contribution in [0.25, 0.3) is 11.3 Å². The highest BCUT2D eigenvalue weighted by molar-refractivity contribution is 7.90. The van der Waals surface area contributed by atoms with Gasteiger partial charge in [-0.1, -0.05) is 6.07 Å². The van der Waals surface area contributed by atoms with Crippen LogP contribution in [0.1, 0.15) is 25.0 Å². The van der Waals surface area contributed by atoms with Crippen molar-refractivity contribution in [1.29, 1.82) is 0 Å². The van der Waals surface area contributed by atoms with Crippen LogP contribution in [0.3, 0.4) is 0 Å². The van der Waals surface area contributed by atoms with E-state index in [1.54, 1.807) is 50.6 Å². The van der Waals surface area contributed by atoms with Crippen LogP contribution in [-0.4, -0.2) is 54.5 Å². The lowest BCUT2D eigenvalue weighted by Gasteiger charge is -2.38. The number of sulfone groups is 1. The molecule has 0 bridgehead atoms. The highest BCUT2D eigenvalue weighted by atomic mass is 32.2. The molecule has 3 aromatic rings. The molecule has 0 radical (unpaired) electrons. The highest BCUT2D eigenvalue weighted by Crippen LogP contribution is 2.48. The molecule has 5 rings (SSSR count). The summed E-state index contributed by atoms with van der Waals surface area (Å²) >= 11 is 0. The number of fused-ring (bicyclic) bond motifs is 2. The van der Waals surface area contributed by atoms with E-state index in [2.05, 4.69) is 15.0 Å². The summed E-state index contributed by atoms with van der Waals surface area (Å²) in [4.78, 5) is 15.7. The summed E-state index contributed by atoms with van der Waals surface area (Å²) in [7, 11) is -3.34. The Hall–Kier alpha value is -2.88. The summed E-state index contributed by atoms with van der Waals surface area (Å²) in [6, 6.07) is 8.84. The van der Waals surface area contributed by atoms with Crippen molar-refractivity contribution < 1.29 is 18.3 Å². The van der Waals surface area contributed by atoms with Gasteiger partial charge in [-0.15, -0.1) is 0 Å². The van der Waals surface area contributed by atoms with Gasteiger partial charge in [-0.2, -0.15) is 0 Å². The van der Waals surface area contributed by atoms with E-state index in [1.807, 2.05) is 17.0 Å². The number of rotatable bonds is 4. The molecule has 2 aliphatic heterocycles. The zero-order valence-corrected chi connectivity index (χ0v) is 18.9. The summed E-state index contributed by atoms with van der Waals surface area (Å²) in [5.74, 6) is 0.489. The maximum absolute atomic E-state index is 12.1. The van der Waals surface area contributed by atoms with Gasteiger partial charge in [0.05, 0.1) is 34.8 Å². The van der Waals surface area contributed by atoms with Gasteiger partial charge in [0, 0.05) is 42.6 Å². The van der Waals surface area contributed by atoms with E-state index >= 15 is 0 Å². The van der Waals surface area contributed by atoms with Crippen molar-refractivity contribution in [1.82, 2.24) is 15.0 Å². The van der Waals surface area contributed by atoms with Gasteiger partial charge in [0.1, 0.15) is 0 Å². The molecule has 8 nitrogen and oxygen atoms in total. The Balaban J connectivity index is 1.52. The number of hydrogen-bond donors (Lipinski definition) is 1. The first-order chi connectivity index (χ1) is 15.1. The first-order valence-corrected chi connectivity index (χ1v) is 12.2. The Kier molecular flexibility index (Phi) is 4.63. The topological polar surface area (TPSA) is 106 Å². The lowest BCUT2D eigenvalue weighted by Crippen LogP contribution is -2.49. The Bertz CT molecular complexity index is 1300. The monoisotopic (exact) mass is 452 g/mol. The van der Waals surface area contributed by atoms with E-state index < -0.39 is 15.4 Å². The summed E-state index contributed by atoms with van der Waals surface area (Å²) in [5, 5.41) is 10.3. The van der Waals surface area contributed by atoms with Crippen LogP contribution in [0.5, 0.6) is 0 Å². The molecule has 0 amide bonds. The van der Waals surface area contributed by atoms with E-state index in [9.17, 15) is 13.5 Å². The Morgan fingerprint density at radius 3 is 2.41 bits per heavy atom. The van der Waals surface area contributed by atoms with Gasteiger partial charge >= 0.3 is 0 Å². The summed E-state index contributed by atoms with van der Waals surface area (Å²) in [5.41, 5.74) is 2.85. The SMILES string of the molecule is CC(C)(O)c1ccnc(-c2cnc(N3CC4(COC4)c4ccc(S(C)(=O)=O)cc43)nc2)c1. The summed E-state index contributed by atoms with van der Waals surface area (Å²) < 4.78 is 29.7. The van der Waals surface area contributed by atoms with Crippen LogP contribution in [0.2, 0.25) is 0 Å². The Morgan fingerprint density at radius 2 is 1.81 bits per heavy atom. The lowest BCUT2D eigenvalue weighted by atomic mass is 9.81. The highest BCUT2D eigenvalue weighted by Gasteiger charge is 2.49. The predicted molar refractivity (Wildman–Crippen MR) is 120 cm³/mol. The number of aliphatic hydroxyl groups is 1. The number of benzene rings is 1. The molecule has 1 fully saturated rings. The molecule has 0 unspecified atom stereocenters. The van der Waals surface area contributed by atoms with Crippen molar-refractivity contribution in [2.45, 2.75) is 29.8 Å². The minimum absolute atomic E-state index is 0.171. The van der Waals surface area contributed by atoms with Gasteiger partial charge in [0.2, 0.25) is 5.95 Å². The largest absolute Gasteiger partial charge is 0.386 e. The second kappa shape index (κ2) is 7.06. The van der Waals surface area contributed by atoms with Gasteiger partial charge in [0.15, 0.2) is 9.84 Å². The molecule has 32 heavy (non-hydrogen) atoms. The van der Waals surface area contributed by atoms with Crippen LogP contribution in [0.15, 0.2) is 53.8 Å². The molecular weight excluding hydrogens is 428 g/mol. The molecule has 0 saturated carbocycles. The van der Waals surface area contributed by atoms with E-state index in [0.29, 0.717) is 31.4 Å². The molecule has 0 atom stereocenters. The lowest BCUT2D eigenvalue weighted by molar-refractivity contribution is -0.0507. The number of hydrogen-bond acceptors (Lipinski definition) is 8. The maximum atomic E-state index is 12.1. The van der Waals surface area contributed by atoms with Crippen molar-refractivity contribution in [2.24, 2.45) is 0 Å². The molecule has 9 heteroatoms. The van der Waals surface area contributed by atoms with Crippen LogP contribution in [0.4, 0.5) is 11.6 Å². The van der Waals surface area contributed by atoms with Gasteiger partial charge in [-0.05, 0) is 49.2 Å². The molecule has 4 heterocycles. The Morgan fingerprint density at radius 1 is 1.09 bits per heavy atom. The van der Waals surface area contributed by atoms with Crippen LogP contribution in [0, 0.1) is 0 Å². The number of anilines is 2. The second-order valence-corrected chi connectivity index (χ2v) is 11.1.